The van der Waals surface area contributed by atoms with Crippen LogP contribution in [0.15, 0.2) is 29.2 Å². The minimum Gasteiger partial charge on any atom is -0.395 e. The summed E-state index contributed by atoms with van der Waals surface area (Å²) in [7, 11) is -3.66. The van der Waals surface area contributed by atoms with E-state index in [4.69, 9.17) is 5.11 Å². The van der Waals surface area contributed by atoms with E-state index in [2.05, 4.69) is 10.6 Å². The fourth-order valence-electron chi connectivity index (χ4n) is 2.55. The molecule has 1 aliphatic heterocycles. The van der Waals surface area contributed by atoms with Gasteiger partial charge in [-0.1, -0.05) is 0 Å². The van der Waals surface area contributed by atoms with Crippen LogP contribution in [0.4, 0.5) is 0 Å². The molecule has 1 saturated heterocycles. The zero-order chi connectivity index (χ0) is 17.7. The van der Waals surface area contributed by atoms with Gasteiger partial charge in [-0.25, -0.2) is 8.42 Å². The van der Waals surface area contributed by atoms with Crippen molar-refractivity contribution in [3.8, 4) is 0 Å². The van der Waals surface area contributed by atoms with Crippen molar-refractivity contribution in [3.63, 3.8) is 0 Å². The molecule has 1 atom stereocenters. The maximum absolute atomic E-state index is 12.6. The molecule has 1 heterocycles. The summed E-state index contributed by atoms with van der Waals surface area (Å²) in [4.78, 5) is 22.9. The van der Waals surface area contributed by atoms with Gasteiger partial charge in [-0.3, -0.25) is 9.59 Å². The summed E-state index contributed by atoms with van der Waals surface area (Å²) >= 11 is 0. The Morgan fingerprint density at radius 3 is 2.54 bits per heavy atom. The maximum atomic E-state index is 12.6. The van der Waals surface area contributed by atoms with Crippen LogP contribution in [-0.2, 0) is 14.8 Å². The van der Waals surface area contributed by atoms with Crippen molar-refractivity contribution >= 4 is 21.8 Å². The molecule has 2 rings (SSSR count). The predicted molar refractivity (Wildman–Crippen MR) is 86.8 cm³/mol. The average molecular weight is 355 g/mol. The van der Waals surface area contributed by atoms with Gasteiger partial charge >= 0.3 is 0 Å². The van der Waals surface area contributed by atoms with Crippen molar-refractivity contribution in [2.24, 2.45) is 0 Å². The Morgan fingerprint density at radius 2 is 1.96 bits per heavy atom. The smallest absolute Gasteiger partial charge is 0.251 e. The van der Waals surface area contributed by atoms with Gasteiger partial charge in [-0.05, 0) is 30.7 Å². The summed E-state index contributed by atoms with van der Waals surface area (Å²) in [5.41, 5.74) is 0.319. The average Bonchev–Trinajstić information content (AvgIpc) is 3.01. The molecule has 1 aromatic rings. The highest BCUT2D eigenvalue weighted by Gasteiger charge is 2.32. The molecule has 1 fully saturated rings. The van der Waals surface area contributed by atoms with Crippen LogP contribution in [0.2, 0.25) is 0 Å². The largest absolute Gasteiger partial charge is 0.395 e. The van der Waals surface area contributed by atoms with Gasteiger partial charge in [0.2, 0.25) is 15.9 Å². The van der Waals surface area contributed by atoms with E-state index < -0.39 is 10.0 Å². The third kappa shape index (κ3) is 4.31. The number of aliphatic hydroxyl groups excluding tert-OH is 1. The molecule has 0 radical (unpaired) electrons. The van der Waals surface area contributed by atoms with E-state index in [1.807, 2.05) is 0 Å². The highest BCUT2D eigenvalue weighted by molar-refractivity contribution is 7.89. The van der Waals surface area contributed by atoms with E-state index in [0.29, 0.717) is 18.5 Å². The Morgan fingerprint density at radius 1 is 1.29 bits per heavy atom. The van der Waals surface area contributed by atoms with E-state index in [9.17, 15) is 18.0 Å². The molecule has 8 nitrogen and oxygen atoms in total. The monoisotopic (exact) mass is 355 g/mol. The number of carbonyl (C=O) groups excluding carboxylic acids is 2. The van der Waals surface area contributed by atoms with Crippen LogP contribution in [0.25, 0.3) is 0 Å². The third-order valence-electron chi connectivity index (χ3n) is 3.71. The van der Waals surface area contributed by atoms with Gasteiger partial charge in [0.1, 0.15) is 0 Å². The van der Waals surface area contributed by atoms with Crippen LogP contribution in [-0.4, -0.2) is 61.9 Å². The standard InChI is InChI=1S/C15H21N3O5S/c1-11(20)17-13-6-8-18(10-13)24(22,23)14-4-2-12(3-5-14)15(21)16-7-9-19/h2-5,13,19H,6-10H2,1H3,(H,16,21)(H,17,20). The fourth-order valence-corrected chi connectivity index (χ4v) is 4.05. The van der Waals surface area contributed by atoms with E-state index in [0.717, 1.165) is 0 Å². The maximum Gasteiger partial charge on any atom is 0.251 e. The molecule has 1 aromatic carbocycles. The number of rotatable bonds is 6. The SMILES string of the molecule is CC(=O)NC1CCN(S(=O)(=O)c2ccc(C(=O)NCCO)cc2)C1. The molecule has 2 amide bonds. The normalized spacial score (nSPS) is 18.3. The summed E-state index contributed by atoms with van der Waals surface area (Å²) < 4.78 is 26.5. The molecular formula is C15H21N3O5S. The number of aliphatic hydroxyl groups is 1. The molecule has 9 heteroatoms. The second kappa shape index (κ2) is 7.73. The van der Waals surface area contributed by atoms with Crippen molar-refractivity contribution in [1.82, 2.24) is 14.9 Å². The Balaban J connectivity index is 2.07. The first-order chi connectivity index (χ1) is 11.3. The summed E-state index contributed by atoms with van der Waals surface area (Å²) in [6, 6.07) is 5.45. The van der Waals surface area contributed by atoms with Crippen molar-refractivity contribution < 1.29 is 23.1 Å². The van der Waals surface area contributed by atoms with Gasteiger partial charge in [0.15, 0.2) is 0 Å². The lowest BCUT2D eigenvalue weighted by Crippen LogP contribution is -2.37. The molecule has 132 valence electrons. The number of carbonyl (C=O) groups is 2. The van der Waals surface area contributed by atoms with Crippen molar-refractivity contribution in [2.45, 2.75) is 24.3 Å². The minimum atomic E-state index is -3.66. The molecule has 0 bridgehead atoms. The van der Waals surface area contributed by atoms with Crippen LogP contribution in [0.3, 0.4) is 0 Å². The number of hydrogen-bond donors (Lipinski definition) is 3. The second-order valence-corrected chi connectivity index (χ2v) is 7.49. The fraction of sp³-hybridized carbons (Fsp3) is 0.467. The van der Waals surface area contributed by atoms with Crippen LogP contribution in [0.5, 0.6) is 0 Å². The number of benzene rings is 1. The van der Waals surface area contributed by atoms with Crippen LogP contribution in [0, 0.1) is 0 Å². The topological polar surface area (TPSA) is 116 Å². The number of sulfonamides is 1. The summed E-state index contributed by atoms with van der Waals surface area (Å²) in [6.07, 6.45) is 0.570. The third-order valence-corrected chi connectivity index (χ3v) is 5.59. The summed E-state index contributed by atoms with van der Waals surface area (Å²) in [6.45, 7) is 1.95. The van der Waals surface area contributed by atoms with E-state index in [1.165, 1.54) is 35.5 Å². The number of nitrogens with one attached hydrogen (secondary N) is 2. The molecule has 0 spiro atoms. The Kier molecular flexibility index (Phi) is 5.92. The van der Waals surface area contributed by atoms with E-state index in [-0.39, 0.29) is 42.4 Å². The van der Waals surface area contributed by atoms with E-state index in [1.54, 1.807) is 0 Å². The van der Waals surface area contributed by atoms with Gasteiger partial charge in [0.05, 0.1) is 11.5 Å². The number of amides is 2. The van der Waals surface area contributed by atoms with E-state index >= 15 is 0 Å². The van der Waals surface area contributed by atoms with Gasteiger partial charge in [0, 0.05) is 38.2 Å². The predicted octanol–water partition coefficient (Wildman–Crippen LogP) is -0.692. The molecule has 24 heavy (non-hydrogen) atoms. The zero-order valence-electron chi connectivity index (χ0n) is 13.4. The zero-order valence-corrected chi connectivity index (χ0v) is 14.2. The first-order valence-electron chi connectivity index (χ1n) is 7.61. The second-order valence-electron chi connectivity index (χ2n) is 5.55. The highest BCUT2D eigenvalue weighted by Crippen LogP contribution is 2.21. The van der Waals surface area contributed by atoms with Gasteiger partial charge in [0.25, 0.3) is 5.91 Å². The Hall–Kier alpha value is -1.97. The molecule has 3 N–H and O–H groups in total. The van der Waals surface area contributed by atoms with Crippen molar-refractivity contribution in [1.29, 1.82) is 0 Å². The lowest BCUT2D eigenvalue weighted by atomic mass is 10.2. The summed E-state index contributed by atoms with van der Waals surface area (Å²) in [5.74, 6) is -0.558. The van der Waals surface area contributed by atoms with Crippen LogP contribution in [0.1, 0.15) is 23.7 Å². The number of hydrogen-bond acceptors (Lipinski definition) is 5. The lowest BCUT2D eigenvalue weighted by Gasteiger charge is -2.17. The van der Waals surface area contributed by atoms with Crippen LogP contribution < -0.4 is 10.6 Å². The van der Waals surface area contributed by atoms with Crippen molar-refractivity contribution in [3.05, 3.63) is 29.8 Å². The van der Waals surface area contributed by atoms with Crippen molar-refractivity contribution in [2.75, 3.05) is 26.2 Å². The highest BCUT2D eigenvalue weighted by atomic mass is 32.2. The quantitative estimate of drug-likeness (QED) is 0.624. The Bertz CT molecular complexity index is 702. The molecule has 0 saturated carbocycles. The van der Waals surface area contributed by atoms with Gasteiger partial charge in [-0.2, -0.15) is 4.31 Å². The molecule has 0 aliphatic carbocycles. The first-order valence-corrected chi connectivity index (χ1v) is 9.05. The molecular weight excluding hydrogens is 334 g/mol. The molecule has 0 aromatic heterocycles. The first kappa shape index (κ1) is 18.4. The molecule has 1 unspecified atom stereocenters. The van der Waals surface area contributed by atoms with Gasteiger partial charge < -0.3 is 15.7 Å². The summed E-state index contributed by atoms with van der Waals surface area (Å²) in [5, 5.41) is 13.9. The lowest BCUT2D eigenvalue weighted by molar-refractivity contribution is -0.119. The minimum absolute atomic E-state index is 0.102. The molecule has 1 aliphatic rings. The Labute approximate surface area is 140 Å². The number of nitrogens with zero attached hydrogens (tertiary/aromatic N) is 1. The van der Waals surface area contributed by atoms with Gasteiger partial charge in [-0.15, -0.1) is 0 Å². The van der Waals surface area contributed by atoms with Crippen LogP contribution >= 0.6 is 0 Å².